The number of benzene rings is 3. The SMILES string of the molecule is CCCc1ccccc1NC(=O)C[N+]12CC[N+](CCc3ccc4c5c(cccc35)N(CC3=C(C(=O)[O-])N5C(=O)[C@H]([C@@H](C)O)[C@H]5[C@H]3C)S4(=O)=O)(CC1)CC2. The summed E-state index contributed by atoms with van der Waals surface area (Å²) in [6.07, 6.45) is 1.76. The molecule has 9 rings (SSSR count). The summed E-state index contributed by atoms with van der Waals surface area (Å²) in [6.45, 7) is 12.4. The van der Waals surface area contributed by atoms with Crippen LogP contribution in [0.5, 0.6) is 0 Å². The number of rotatable bonds is 12. The molecule has 2 N–H and O–H groups in total. The summed E-state index contributed by atoms with van der Waals surface area (Å²) in [6, 6.07) is 16.6. The summed E-state index contributed by atoms with van der Waals surface area (Å²) in [5.74, 6) is -3.18. The number of carboxylic acid groups (broad SMARTS) is 1. The molecule has 4 fully saturated rings. The highest BCUT2D eigenvalue weighted by molar-refractivity contribution is 7.93. The number of nitrogens with one attached hydrogen (secondary N) is 1. The minimum absolute atomic E-state index is 0.0733. The molecule has 2 amide bonds. The Hall–Kier alpha value is -4.30. The topological polar surface area (TPSA) is 147 Å². The number of sulfonamides is 1. The van der Waals surface area contributed by atoms with Gasteiger partial charge in [0.2, 0.25) is 5.91 Å². The first-order valence-corrected chi connectivity index (χ1v) is 20.3. The number of hydrogen-bond donors (Lipinski definition) is 2. The van der Waals surface area contributed by atoms with Crippen LogP contribution in [-0.2, 0) is 37.2 Å². The van der Waals surface area contributed by atoms with Crippen molar-refractivity contribution in [3.63, 3.8) is 0 Å². The Morgan fingerprint density at radius 1 is 0.962 bits per heavy atom. The van der Waals surface area contributed by atoms with Gasteiger partial charge in [0.15, 0.2) is 6.54 Å². The predicted octanol–water partition coefficient (Wildman–Crippen LogP) is 2.00. The molecule has 3 aromatic rings. The van der Waals surface area contributed by atoms with E-state index in [9.17, 15) is 33.0 Å². The maximum absolute atomic E-state index is 14.1. The molecule has 6 aliphatic rings. The number of aliphatic hydroxyl groups is 1. The average Bonchev–Trinajstić information content (AvgIpc) is 3.50. The van der Waals surface area contributed by atoms with Crippen molar-refractivity contribution in [1.29, 1.82) is 0 Å². The third-order valence-electron chi connectivity index (χ3n) is 13.0. The van der Waals surface area contributed by atoms with Crippen molar-refractivity contribution in [2.24, 2.45) is 11.8 Å². The lowest BCUT2D eigenvalue weighted by atomic mass is 9.78. The van der Waals surface area contributed by atoms with Crippen molar-refractivity contribution in [2.45, 2.75) is 57.1 Å². The quantitative estimate of drug-likeness (QED) is 0.213. The van der Waals surface area contributed by atoms with E-state index < -0.39 is 45.9 Å². The fourth-order valence-electron chi connectivity index (χ4n) is 9.97. The maximum Gasteiger partial charge on any atom is 0.279 e. The first-order valence-electron chi connectivity index (χ1n) is 18.9. The lowest BCUT2D eigenvalue weighted by Crippen LogP contribution is -2.76. The number of aryl methyl sites for hydroxylation is 1. The molecule has 0 saturated carbocycles. The van der Waals surface area contributed by atoms with Gasteiger partial charge in [-0.3, -0.25) is 13.9 Å². The maximum atomic E-state index is 14.1. The van der Waals surface area contributed by atoms with Gasteiger partial charge in [-0.25, -0.2) is 8.42 Å². The highest BCUT2D eigenvalue weighted by Gasteiger charge is 2.59. The molecule has 3 aromatic carbocycles. The molecule has 0 radical (unpaired) electrons. The van der Waals surface area contributed by atoms with Crippen LogP contribution in [0.1, 0.15) is 38.3 Å². The molecule has 53 heavy (non-hydrogen) atoms. The number of carboxylic acids is 1. The van der Waals surface area contributed by atoms with E-state index in [1.54, 1.807) is 19.1 Å². The highest BCUT2D eigenvalue weighted by atomic mass is 32.2. The number of anilines is 2. The molecule has 280 valence electrons. The van der Waals surface area contributed by atoms with Crippen LogP contribution >= 0.6 is 0 Å². The van der Waals surface area contributed by atoms with Gasteiger partial charge in [-0.15, -0.1) is 0 Å². The van der Waals surface area contributed by atoms with E-state index in [-0.39, 0.29) is 23.0 Å². The Morgan fingerprint density at radius 3 is 2.34 bits per heavy atom. The molecule has 0 unspecified atom stereocenters. The molecule has 6 aliphatic heterocycles. The van der Waals surface area contributed by atoms with E-state index in [1.807, 2.05) is 36.4 Å². The van der Waals surface area contributed by atoms with Crippen LogP contribution in [0.25, 0.3) is 10.8 Å². The van der Waals surface area contributed by atoms with E-state index >= 15 is 0 Å². The second kappa shape index (κ2) is 12.9. The average molecular weight is 743 g/mol. The number of carbonyl (C=O) groups excluding carboxylic acids is 3. The van der Waals surface area contributed by atoms with Crippen LogP contribution in [0.4, 0.5) is 11.4 Å². The molecule has 6 heterocycles. The predicted molar refractivity (Wildman–Crippen MR) is 198 cm³/mol. The number of carbonyl (C=O) groups is 3. The molecule has 4 atom stereocenters. The number of fused-ring (bicyclic) bond motifs is 4. The van der Waals surface area contributed by atoms with E-state index in [0.29, 0.717) is 23.2 Å². The summed E-state index contributed by atoms with van der Waals surface area (Å²) >= 11 is 0. The summed E-state index contributed by atoms with van der Waals surface area (Å²) in [5.41, 5.74) is 3.66. The largest absolute Gasteiger partial charge is 0.543 e. The van der Waals surface area contributed by atoms with Gasteiger partial charge in [-0.05, 0) is 53.6 Å². The van der Waals surface area contributed by atoms with Gasteiger partial charge in [0.05, 0.1) is 53.4 Å². The summed E-state index contributed by atoms with van der Waals surface area (Å²) in [5, 5.41) is 27.3. The van der Waals surface area contributed by atoms with E-state index in [2.05, 4.69) is 18.3 Å². The summed E-state index contributed by atoms with van der Waals surface area (Å²) in [7, 11) is -4.03. The van der Waals surface area contributed by atoms with Crippen LogP contribution in [0.3, 0.4) is 0 Å². The first kappa shape index (κ1) is 35.7. The van der Waals surface area contributed by atoms with Gasteiger partial charge in [0.1, 0.15) is 39.3 Å². The lowest BCUT2D eigenvalue weighted by molar-refractivity contribution is -1.08. The number of β-lactam (4-membered cyclic amide) rings is 1. The van der Waals surface area contributed by atoms with Crippen LogP contribution < -0.4 is 14.7 Å². The Balaban J connectivity index is 0.981. The zero-order valence-corrected chi connectivity index (χ0v) is 31.4. The third kappa shape index (κ3) is 5.66. The fourth-order valence-corrected chi connectivity index (χ4v) is 11.6. The molecule has 12 nitrogen and oxygen atoms in total. The molecule has 13 heteroatoms. The van der Waals surface area contributed by atoms with Crippen LogP contribution in [-0.4, -0.2) is 116 Å². The summed E-state index contributed by atoms with van der Waals surface area (Å²) in [4.78, 5) is 39.9. The Labute approximate surface area is 310 Å². The third-order valence-corrected chi connectivity index (χ3v) is 14.8. The minimum Gasteiger partial charge on any atom is -0.543 e. The monoisotopic (exact) mass is 742 g/mol. The number of nitrogens with zero attached hydrogens (tertiary/aromatic N) is 4. The number of hydrogen-bond acceptors (Lipinski definition) is 7. The van der Waals surface area contributed by atoms with Gasteiger partial charge in [-0.2, -0.15) is 0 Å². The lowest BCUT2D eigenvalue weighted by Gasteiger charge is -2.55. The van der Waals surface area contributed by atoms with Gasteiger partial charge >= 0.3 is 0 Å². The van der Waals surface area contributed by atoms with Crippen molar-refractivity contribution in [3.05, 3.63) is 77.0 Å². The van der Waals surface area contributed by atoms with Crippen molar-refractivity contribution in [3.8, 4) is 0 Å². The second-order valence-electron chi connectivity index (χ2n) is 16.0. The zero-order chi connectivity index (χ0) is 37.4. The number of aliphatic carboxylic acids is 1. The number of piperazine rings is 3. The number of quaternary nitrogens is 2. The molecule has 0 aromatic heterocycles. The van der Waals surface area contributed by atoms with Gasteiger partial charge in [-0.1, -0.05) is 56.7 Å². The Kier molecular flexibility index (Phi) is 8.71. The number of para-hydroxylation sites is 1. The van der Waals surface area contributed by atoms with Crippen LogP contribution in [0, 0.1) is 11.8 Å². The van der Waals surface area contributed by atoms with Crippen LogP contribution in [0.15, 0.2) is 70.8 Å². The van der Waals surface area contributed by atoms with Crippen LogP contribution in [0.2, 0.25) is 0 Å². The fraction of sp³-hybridized carbons (Fsp3) is 0.475. The summed E-state index contributed by atoms with van der Waals surface area (Å²) < 4.78 is 31.3. The number of aliphatic hydroxyl groups excluding tert-OH is 1. The van der Waals surface area contributed by atoms with Gasteiger partial charge in [0.25, 0.3) is 15.9 Å². The van der Waals surface area contributed by atoms with Crippen molar-refractivity contribution in [2.75, 3.05) is 68.5 Å². The smallest absolute Gasteiger partial charge is 0.279 e. The van der Waals surface area contributed by atoms with E-state index in [4.69, 9.17) is 0 Å². The Morgan fingerprint density at radius 2 is 1.66 bits per heavy atom. The van der Waals surface area contributed by atoms with Gasteiger partial charge < -0.3 is 34.2 Å². The molecular weight excluding hydrogens is 695 g/mol. The normalized spacial score (nSPS) is 28.7. The van der Waals surface area contributed by atoms with E-state index in [1.165, 1.54) is 21.7 Å². The van der Waals surface area contributed by atoms with Gasteiger partial charge in [0, 0.05) is 23.4 Å². The first-order chi connectivity index (χ1) is 25.3. The minimum atomic E-state index is -4.03. The molecular formula is C40H48N5O7S+. The van der Waals surface area contributed by atoms with Crippen molar-refractivity contribution in [1.82, 2.24) is 4.90 Å². The van der Waals surface area contributed by atoms with Crippen molar-refractivity contribution < 1.29 is 42.0 Å². The second-order valence-corrected chi connectivity index (χ2v) is 17.8. The molecule has 4 saturated heterocycles. The highest BCUT2D eigenvalue weighted by Crippen LogP contribution is 2.50. The zero-order valence-electron chi connectivity index (χ0n) is 30.6. The molecule has 0 aliphatic carbocycles. The van der Waals surface area contributed by atoms with E-state index in [0.717, 1.165) is 90.7 Å². The molecule has 2 bridgehead atoms. The standard InChI is InChI=1S/C40H47N5O7S/c1-4-8-28-9-5-6-11-31(28)41-34(47)24-45-20-17-44(18-21-45,19-22-45)16-15-27-13-14-33-36-29(27)10-7-12-32(36)42(53(33,51)52)23-30-25(2)37-35(26(3)46)39(48)43(37)38(30)40(49)50/h5-7,9-14,25-26,35,37,46H,4,8,15-24H2,1-3H3/p+1/t25-,26+,35+,37+,44?,45?/m0/s1. The Bertz CT molecular complexity index is 2160. The molecule has 0 spiro atoms. The van der Waals surface area contributed by atoms with Crippen molar-refractivity contribution >= 4 is 50.0 Å². The number of amides is 2.